The number of amides is 1. The Morgan fingerprint density at radius 3 is 2.58 bits per heavy atom. The number of carbonyl (C=O) groups excluding carboxylic acids is 2. The molecule has 6 heteroatoms. The van der Waals surface area contributed by atoms with Gasteiger partial charge in [0.1, 0.15) is 6.61 Å². The Bertz CT molecular complexity index is 800. The van der Waals surface area contributed by atoms with Gasteiger partial charge in [-0.05, 0) is 23.8 Å². The van der Waals surface area contributed by atoms with Gasteiger partial charge in [0.2, 0.25) is 0 Å². The van der Waals surface area contributed by atoms with Crippen LogP contribution in [-0.4, -0.2) is 29.5 Å². The van der Waals surface area contributed by atoms with E-state index < -0.39 is 12.1 Å². The van der Waals surface area contributed by atoms with E-state index in [1.54, 1.807) is 0 Å². The first kappa shape index (κ1) is 15.7. The number of carbonyl (C=O) groups is 3. The molecule has 0 saturated heterocycles. The zero-order valence-electron chi connectivity index (χ0n) is 12.8. The van der Waals surface area contributed by atoms with E-state index in [2.05, 4.69) is 0 Å². The summed E-state index contributed by atoms with van der Waals surface area (Å²) in [7, 11) is 0. The number of hydrogen-bond acceptors (Lipinski definition) is 4. The first-order valence-electron chi connectivity index (χ1n) is 7.45. The summed E-state index contributed by atoms with van der Waals surface area (Å²) in [6.07, 6.45) is -0.424. The zero-order chi connectivity index (χ0) is 17.1. The lowest BCUT2D eigenvalue weighted by Crippen LogP contribution is -2.37. The van der Waals surface area contributed by atoms with E-state index in [-0.39, 0.29) is 36.5 Å². The van der Waals surface area contributed by atoms with Crippen molar-refractivity contribution in [2.75, 3.05) is 11.4 Å². The molecule has 1 N–H and O–H groups in total. The summed E-state index contributed by atoms with van der Waals surface area (Å²) in [5.74, 6) is -1.30. The van der Waals surface area contributed by atoms with E-state index in [4.69, 9.17) is 9.84 Å². The Morgan fingerprint density at radius 1 is 1.12 bits per heavy atom. The summed E-state index contributed by atoms with van der Waals surface area (Å²) in [5.41, 5.74) is 1.49. The van der Waals surface area contributed by atoms with Crippen molar-refractivity contribution in [3.05, 3.63) is 65.2 Å². The van der Waals surface area contributed by atoms with Gasteiger partial charge in [-0.15, -0.1) is 0 Å². The molecule has 0 radical (unpaired) electrons. The van der Waals surface area contributed by atoms with Crippen LogP contribution in [0.2, 0.25) is 0 Å². The molecule has 0 saturated carbocycles. The number of nitrogens with zero attached hydrogens (tertiary/aromatic N) is 1. The van der Waals surface area contributed by atoms with Crippen molar-refractivity contribution >= 4 is 23.5 Å². The monoisotopic (exact) mass is 325 g/mol. The van der Waals surface area contributed by atoms with Crippen molar-refractivity contribution in [1.29, 1.82) is 0 Å². The second kappa shape index (κ2) is 6.54. The summed E-state index contributed by atoms with van der Waals surface area (Å²) in [4.78, 5) is 36.8. The van der Waals surface area contributed by atoms with Crippen LogP contribution in [0, 0.1) is 0 Å². The Kier molecular flexibility index (Phi) is 4.29. The standard InChI is InChI=1S/C18H15NO5/c20-16-8-9-19(15-7-6-13(17(21)22)10-14(15)16)18(23)24-11-12-4-2-1-3-5-12/h1-7,10H,8-9,11H2,(H,21,22). The van der Waals surface area contributed by atoms with E-state index in [1.165, 1.54) is 23.1 Å². The normalized spacial score (nSPS) is 13.3. The lowest BCUT2D eigenvalue weighted by atomic mass is 9.98. The average Bonchev–Trinajstić information content (AvgIpc) is 2.60. The molecule has 0 unspecified atom stereocenters. The maximum absolute atomic E-state index is 12.3. The van der Waals surface area contributed by atoms with Crippen LogP contribution < -0.4 is 4.90 Å². The van der Waals surface area contributed by atoms with Gasteiger partial charge in [-0.1, -0.05) is 30.3 Å². The van der Waals surface area contributed by atoms with E-state index in [1.807, 2.05) is 30.3 Å². The zero-order valence-corrected chi connectivity index (χ0v) is 12.8. The highest BCUT2D eigenvalue weighted by atomic mass is 16.6. The number of aromatic carboxylic acids is 1. The fourth-order valence-corrected chi connectivity index (χ4v) is 2.58. The Balaban J connectivity index is 1.80. The predicted octanol–water partition coefficient (Wildman–Crippen LogP) is 3.11. The van der Waals surface area contributed by atoms with Crippen LogP contribution in [0.15, 0.2) is 48.5 Å². The van der Waals surface area contributed by atoms with Crippen LogP contribution >= 0.6 is 0 Å². The third kappa shape index (κ3) is 3.12. The SMILES string of the molecule is O=C(O)c1ccc2c(c1)C(=O)CCN2C(=O)OCc1ccccc1. The number of anilines is 1. The number of carboxylic acids is 1. The van der Waals surface area contributed by atoms with E-state index >= 15 is 0 Å². The third-order valence-electron chi connectivity index (χ3n) is 3.82. The third-order valence-corrected chi connectivity index (χ3v) is 3.82. The van der Waals surface area contributed by atoms with Gasteiger partial charge in [0.25, 0.3) is 0 Å². The molecule has 3 rings (SSSR count). The van der Waals surface area contributed by atoms with Crippen molar-refractivity contribution < 1.29 is 24.2 Å². The van der Waals surface area contributed by atoms with Crippen molar-refractivity contribution in [1.82, 2.24) is 0 Å². The topological polar surface area (TPSA) is 83.9 Å². The van der Waals surface area contributed by atoms with Crippen molar-refractivity contribution in [3.8, 4) is 0 Å². The van der Waals surface area contributed by atoms with Gasteiger partial charge in [-0.25, -0.2) is 9.59 Å². The largest absolute Gasteiger partial charge is 0.478 e. The number of ether oxygens (including phenoxy) is 1. The van der Waals surface area contributed by atoms with Crippen LogP contribution in [0.1, 0.15) is 32.7 Å². The van der Waals surface area contributed by atoms with Gasteiger partial charge in [0.15, 0.2) is 5.78 Å². The van der Waals surface area contributed by atoms with Gasteiger partial charge in [-0.2, -0.15) is 0 Å². The van der Waals surface area contributed by atoms with Gasteiger partial charge in [0.05, 0.1) is 11.3 Å². The number of rotatable bonds is 3. The molecule has 0 fully saturated rings. The van der Waals surface area contributed by atoms with Crippen LogP contribution in [0.3, 0.4) is 0 Å². The first-order chi connectivity index (χ1) is 11.6. The smallest absolute Gasteiger partial charge is 0.414 e. The summed E-state index contributed by atoms with van der Waals surface area (Å²) >= 11 is 0. The number of fused-ring (bicyclic) bond motifs is 1. The number of ketones is 1. The molecule has 0 spiro atoms. The van der Waals surface area contributed by atoms with Crippen molar-refractivity contribution in [2.24, 2.45) is 0 Å². The van der Waals surface area contributed by atoms with Gasteiger partial charge >= 0.3 is 12.1 Å². The molecule has 0 bridgehead atoms. The second-order valence-corrected chi connectivity index (χ2v) is 5.40. The Hall–Kier alpha value is -3.15. The van der Waals surface area contributed by atoms with Crippen molar-refractivity contribution in [3.63, 3.8) is 0 Å². The van der Waals surface area contributed by atoms with E-state index in [0.717, 1.165) is 5.56 Å². The first-order valence-corrected chi connectivity index (χ1v) is 7.45. The van der Waals surface area contributed by atoms with Crippen molar-refractivity contribution in [2.45, 2.75) is 13.0 Å². The molecule has 1 amide bonds. The minimum atomic E-state index is -1.12. The minimum Gasteiger partial charge on any atom is -0.478 e. The minimum absolute atomic E-state index is 0.0154. The molecule has 1 aliphatic heterocycles. The summed E-state index contributed by atoms with van der Waals surface area (Å²) in [5, 5.41) is 9.04. The van der Waals surface area contributed by atoms with Crippen LogP contribution in [-0.2, 0) is 11.3 Å². The molecular weight excluding hydrogens is 310 g/mol. The Labute approximate surface area is 138 Å². The molecule has 0 aliphatic carbocycles. The molecule has 2 aromatic carbocycles. The van der Waals surface area contributed by atoms with Gasteiger partial charge in [0, 0.05) is 18.5 Å². The van der Waals surface area contributed by atoms with Crippen LogP contribution in [0.4, 0.5) is 10.5 Å². The van der Waals surface area contributed by atoms with Gasteiger partial charge < -0.3 is 9.84 Å². The van der Waals surface area contributed by atoms with Gasteiger partial charge in [-0.3, -0.25) is 9.69 Å². The highest BCUT2D eigenvalue weighted by molar-refractivity contribution is 6.09. The lowest BCUT2D eigenvalue weighted by Gasteiger charge is -2.28. The Morgan fingerprint density at radius 2 is 1.88 bits per heavy atom. The maximum Gasteiger partial charge on any atom is 0.414 e. The molecular formula is C18H15NO5. The molecule has 2 aromatic rings. The fraction of sp³-hybridized carbons (Fsp3) is 0.167. The molecule has 24 heavy (non-hydrogen) atoms. The van der Waals surface area contributed by atoms with E-state index in [0.29, 0.717) is 5.69 Å². The summed E-state index contributed by atoms with van der Waals surface area (Å²) in [6.45, 7) is 0.346. The highest BCUT2D eigenvalue weighted by Gasteiger charge is 2.29. The molecule has 1 aliphatic rings. The number of benzene rings is 2. The molecule has 6 nitrogen and oxygen atoms in total. The number of hydrogen-bond donors (Lipinski definition) is 1. The molecule has 0 aromatic heterocycles. The fourth-order valence-electron chi connectivity index (χ4n) is 2.58. The van der Waals surface area contributed by atoms with Crippen LogP contribution in [0.25, 0.3) is 0 Å². The molecule has 0 atom stereocenters. The maximum atomic E-state index is 12.3. The van der Waals surface area contributed by atoms with Crippen LogP contribution in [0.5, 0.6) is 0 Å². The quantitative estimate of drug-likeness (QED) is 0.937. The second-order valence-electron chi connectivity index (χ2n) is 5.40. The lowest BCUT2D eigenvalue weighted by molar-refractivity contribution is 0.0697. The molecule has 1 heterocycles. The average molecular weight is 325 g/mol. The molecule has 122 valence electrons. The predicted molar refractivity (Wildman–Crippen MR) is 86.3 cm³/mol. The highest BCUT2D eigenvalue weighted by Crippen LogP contribution is 2.29. The summed E-state index contributed by atoms with van der Waals surface area (Å²) < 4.78 is 5.30. The summed E-state index contributed by atoms with van der Waals surface area (Å²) in [6, 6.07) is 13.4. The van der Waals surface area contributed by atoms with E-state index in [9.17, 15) is 14.4 Å². The number of Topliss-reactive ketones (excluding diaryl/α,β-unsaturated/α-hetero) is 1. The number of carboxylic acid groups (broad SMARTS) is 1.